The van der Waals surface area contributed by atoms with Crippen LogP contribution in [0.3, 0.4) is 0 Å². The van der Waals surface area contributed by atoms with Crippen molar-refractivity contribution in [1.82, 2.24) is 26.4 Å². The van der Waals surface area contributed by atoms with Crippen LogP contribution in [0.2, 0.25) is 0 Å². The topological polar surface area (TPSA) is 177 Å². The molecule has 5 amide bonds. The predicted octanol–water partition coefficient (Wildman–Crippen LogP) is -1.66. The Morgan fingerprint density at radius 2 is 1.43 bits per heavy atom. The van der Waals surface area contributed by atoms with Crippen molar-refractivity contribution in [2.45, 2.75) is 44.9 Å². The van der Waals surface area contributed by atoms with Crippen LogP contribution in [0, 0.1) is 17.8 Å². The highest BCUT2D eigenvalue weighted by Crippen LogP contribution is 2.30. The highest BCUT2D eigenvalue weighted by molar-refractivity contribution is 6.12. The molecule has 196 valence electrons. The van der Waals surface area contributed by atoms with Gasteiger partial charge in [0.15, 0.2) is 0 Å². The van der Waals surface area contributed by atoms with Crippen molar-refractivity contribution in [3.63, 3.8) is 0 Å². The van der Waals surface area contributed by atoms with Crippen LogP contribution < -0.4 is 21.5 Å². The van der Waals surface area contributed by atoms with Crippen molar-refractivity contribution in [2.75, 3.05) is 39.4 Å². The van der Waals surface area contributed by atoms with Crippen molar-refractivity contribution in [1.29, 1.82) is 0 Å². The van der Waals surface area contributed by atoms with Gasteiger partial charge in [-0.1, -0.05) is 0 Å². The highest BCUT2D eigenvalue weighted by Gasteiger charge is 2.31. The zero-order valence-corrected chi connectivity index (χ0v) is 20.0. The third-order valence-electron chi connectivity index (χ3n) is 6.23. The third kappa shape index (κ3) is 9.38. The van der Waals surface area contributed by atoms with E-state index in [1.54, 1.807) is 0 Å². The molecule has 0 atom stereocenters. The van der Waals surface area contributed by atoms with Gasteiger partial charge in [0, 0.05) is 57.5 Å². The van der Waals surface area contributed by atoms with E-state index >= 15 is 0 Å². The summed E-state index contributed by atoms with van der Waals surface area (Å²) >= 11 is 0. The number of rotatable bonds is 15. The molecule has 0 unspecified atom stereocenters. The van der Waals surface area contributed by atoms with Crippen LogP contribution in [0.1, 0.15) is 44.9 Å². The number of imide groups is 1. The molecule has 0 aromatic heterocycles. The average Bonchev–Trinajstić information content (AvgIpc) is 3.16. The van der Waals surface area contributed by atoms with Gasteiger partial charge in [-0.15, -0.1) is 0 Å². The quantitative estimate of drug-likeness (QED) is 0.0677. The standard InChI is InChI=1S/C23H37N5O7/c29-13-1-10-24-22(34)18(23(35)25-11-2-14-30)9-12-26-27-21(33)17-5-3-16(4-6-17)15-28-19(31)7-8-20(28)32/h7-8,16-18,26,29-30H,1-6,9-15H2,(H,24,34)(H,25,35)(H,27,33). The number of amides is 5. The zero-order valence-electron chi connectivity index (χ0n) is 20.0. The summed E-state index contributed by atoms with van der Waals surface area (Å²) in [5, 5.41) is 23.0. The Balaban J connectivity index is 1.71. The Hall–Kier alpha value is -2.83. The van der Waals surface area contributed by atoms with Gasteiger partial charge in [-0.25, -0.2) is 5.43 Å². The van der Waals surface area contributed by atoms with Crippen molar-refractivity contribution in [2.24, 2.45) is 17.8 Å². The maximum atomic E-state index is 12.5. The molecule has 12 nitrogen and oxygen atoms in total. The second-order valence-corrected chi connectivity index (χ2v) is 8.83. The molecule has 1 fully saturated rings. The lowest BCUT2D eigenvalue weighted by atomic mass is 9.81. The number of hydrogen-bond acceptors (Lipinski definition) is 8. The molecule has 2 rings (SSSR count). The normalized spacial score (nSPS) is 19.8. The molecule has 6 N–H and O–H groups in total. The zero-order chi connectivity index (χ0) is 25.6. The molecule has 0 spiro atoms. The van der Waals surface area contributed by atoms with Gasteiger partial charge in [0.25, 0.3) is 11.8 Å². The molecule has 0 saturated heterocycles. The minimum absolute atomic E-state index is 0.0745. The van der Waals surface area contributed by atoms with Crippen molar-refractivity contribution >= 4 is 29.5 Å². The van der Waals surface area contributed by atoms with Gasteiger partial charge in [-0.3, -0.25) is 34.3 Å². The summed E-state index contributed by atoms with van der Waals surface area (Å²) in [6.45, 7) is 0.917. The monoisotopic (exact) mass is 495 g/mol. The van der Waals surface area contributed by atoms with Gasteiger partial charge < -0.3 is 20.8 Å². The molecule has 0 bridgehead atoms. The van der Waals surface area contributed by atoms with E-state index in [0.717, 1.165) is 12.8 Å². The Morgan fingerprint density at radius 3 is 1.94 bits per heavy atom. The van der Waals surface area contributed by atoms with E-state index in [0.29, 0.717) is 32.2 Å². The number of hydrogen-bond donors (Lipinski definition) is 6. The minimum atomic E-state index is -0.974. The summed E-state index contributed by atoms with van der Waals surface area (Å²) < 4.78 is 0. The number of aliphatic hydroxyl groups excluding tert-OH is 2. The summed E-state index contributed by atoms with van der Waals surface area (Å²) in [7, 11) is 0. The second-order valence-electron chi connectivity index (χ2n) is 8.83. The van der Waals surface area contributed by atoms with Gasteiger partial charge in [-0.2, -0.15) is 0 Å². The molecule has 0 aromatic rings. The molecule has 35 heavy (non-hydrogen) atoms. The number of nitrogens with zero attached hydrogens (tertiary/aromatic N) is 1. The van der Waals surface area contributed by atoms with Crippen LogP contribution in [0.15, 0.2) is 12.2 Å². The number of carbonyl (C=O) groups is 5. The first kappa shape index (κ1) is 28.4. The van der Waals surface area contributed by atoms with Crippen molar-refractivity contribution in [3.05, 3.63) is 12.2 Å². The molecule has 1 saturated carbocycles. The summed E-state index contributed by atoms with van der Waals surface area (Å²) in [5.41, 5.74) is 5.44. The van der Waals surface area contributed by atoms with Gasteiger partial charge in [0.2, 0.25) is 17.7 Å². The largest absolute Gasteiger partial charge is 0.396 e. The van der Waals surface area contributed by atoms with E-state index in [2.05, 4.69) is 21.5 Å². The Morgan fingerprint density at radius 1 is 0.886 bits per heavy atom. The second kappa shape index (κ2) is 15.2. The fourth-order valence-electron chi connectivity index (χ4n) is 4.15. The first-order valence-electron chi connectivity index (χ1n) is 12.2. The molecule has 12 heteroatoms. The lowest BCUT2D eigenvalue weighted by Gasteiger charge is -2.30. The van der Waals surface area contributed by atoms with E-state index in [9.17, 15) is 24.0 Å². The summed E-state index contributed by atoms with van der Waals surface area (Å²) in [6.07, 6.45) is 6.21. The lowest BCUT2D eigenvalue weighted by Crippen LogP contribution is -2.46. The number of carbonyl (C=O) groups excluding carboxylic acids is 5. The first-order valence-corrected chi connectivity index (χ1v) is 12.2. The molecule has 1 aliphatic carbocycles. The van der Waals surface area contributed by atoms with E-state index in [4.69, 9.17) is 10.2 Å². The van der Waals surface area contributed by atoms with Crippen LogP contribution in [0.4, 0.5) is 0 Å². The molecular formula is C23H37N5O7. The molecule has 2 aliphatic rings. The fourth-order valence-corrected chi connectivity index (χ4v) is 4.15. The van der Waals surface area contributed by atoms with Gasteiger partial charge in [0.05, 0.1) is 0 Å². The van der Waals surface area contributed by atoms with E-state index in [1.165, 1.54) is 17.1 Å². The van der Waals surface area contributed by atoms with Gasteiger partial charge >= 0.3 is 0 Å². The van der Waals surface area contributed by atoms with Crippen LogP contribution in [0.5, 0.6) is 0 Å². The van der Waals surface area contributed by atoms with E-state index in [1.807, 2.05) is 0 Å². The molecule has 0 aromatic carbocycles. The lowest BCUT2D eigenvalue weighted by molar-refractivity contribution is -0.139. The number of nitrogens with one attached hydrogen (secondary N) is 4. The van der Waals surface area contributed by atoms with Gasteiger partial charge in [-0.05, 0) is 50.9 Å². The average molecular weight is 496 g/mol. The molecule has 0 radical (unpaired) electrons. The SMILES string of the molecule is O=C(NNCCC(C(=O)NCCCO)C(=O)NCCCO)C1CCC(CN2C(=O)C=CC2=O)CC1. The van der Waals surface area contributed by atoms with E-state index in [-0.39, 0.29) is 68.8 Å². The smallest absolute Gasteiger partial charge is 0.253 e. The first-order chi connectivity index (χ1) is 16.9. The summed E-state index contributed by atoms with van der Waals surface area (Å²) in [6, 6.07) is 0. The molecular weight excluding hydrogens is 458 g/mol. The number of aliphatic hydroxyl groups is 2. The minimum Gasteiger partial charge on any atom is -0.396 e. The van der Waals surface area contributed by atoms with Crippen LogP contribution in [-0.4, -0.2) is 84.0 Å². The Labute approximate surface area is 204 Å². The van der Waals surface area contributed by atoms with Crippen molar-refractivity contribution < 1.29 is 34.2 Å². The van der Waals surface area contributed by atoms with Crippen LogP contribution in [0.25, 0.3) is 0 Å². The third-order valence-corrected chi connectivity index (χ3v) is 6.23. The molecule has 1 heterocycles. The van der Waals surface area contributed by atoms with Crippen LogP contribution in [-0.2, 0) is 24.0 Å². The Bertz CT molecular complexity index is 740. The maximum Gasteiger partial charge on any atom is 0.253 e. The highest BCUT2D eigenvalue weighted by atomic mass is 16.3. The number of hydrazine groups is 1. The Kier molecular flexibility index (Phi) is 12.4. The van der Waals surface area contributed by atoms with Crippen LogP contribution >= 0.6 is 0 Å². The van der Waals surface area contributed by atoms with Gasteiger partial charge in [0.1, 0.15) is 5.92 Å². The summed E-state index contributed by atoms with van der Waals surface area (Å²) in [5.74, 6) is -2.67. The fraction of sp³-hybridized carbons (Fsp3) is 0.696. The molecule has 1 aliphatic heterocycles. The van der Waals surface area contributed by atoms with E-state index < -0.39 is 17.7 Å². The maximum absolute atomic E-state index is 12.5. The summed E-state index contributed by atoms with van der Waals surface area (Å²) in [4.78, 5) is 62.0. The predicted molar refractivity (Wildman–Crippen MR) is 125 cm³/mol. The van der Waals surface area contributed by atoms with Crippen molar-refractivity contribution in [3.8, 4) is 0 Å².